The summed E-state index contributed by atoms with van der Waals surface area (Å²) >= 11 is 0. The Hall–Kier alpha value is -1.34. The minimum Gasteiger partial charge on any atom is -0.388 e. The van der Waals surface area contributed by atoms with Crippen LogP contribution in [0.25, 0.3) is 10.8 Å². The average molecular weight is 242 g/mol. The molecule has 0 bridgehead atoms. The van der Waals surface area contributed by atoms with Gasteiger partial charge in [0.15, 0.2) is 0 Å². The highest BCUT2D eigenvalue weighted by atomic mass is 16.3. The second-order valence-corrected chi connectivity index (χ2v) is 5.21. The molecule has 0 amide bonds. The fourth-order valence-electron chi connectivity index (χ4n) is 2.66. The summed E-state index contributed by atoms with van der Waals surface area (Å²) in [6.45, 7) is 4.42. The Morgan fingerprint density at radius 1 is 1.06 bits per heavy atom. The Morgan fingerprint density at radius 2 is 1.78 bits per heavy atom. The molecular weight excluding hydrogens is 220 g/mol. The van der Waals surface area contributed by atoms with E-state index in [9.17, 15) is 5.11 Å². The minimum atomic E-state index is -0.349. The van der Waals surface area contributed by atoms with Gasteiger partial charge in [0, 0.05) is 0 Å². The Labute approximate surface area is 109 Å². The van der Waals surface area contributed by atoms with Crippen LogP contribution in [0.2, 0.25) is 0 Å². The van der Waals surface area contributed by atoms with E-state index in [0.717, 1.165) is 12.0 Å². The predicted octanol–water partition coefficient (Wildman–Crippen LogP) is 4.70. The molecular formula is C17H22O. The van der Waals surface area contributed by atoms with Gasteiger partial charge < -0.3 is 5.11 Å². The van der Waals surface area contributed by atoms with Crippen LogP contribution in [-0.4, -0.2) is 5.11 Å². The second-order valence-electron chi connectivity index (χ2n) is 5.21. The third-order valence-corrected chi connectivity index (χ3v) is 3.59. The van der Waals surface area contributed by atoms with E-state index < -0.39 is 0 Å². The highest BCUT2D eigenvalue weighted by molar-refractivity contribution is 5.85. The summed E-state index contributed by atoms with van der Waals surface area (Å²) in [5, 5.41) is 12.8. The zero-order valence-electron chi connectivity index (χ0n) is 11.3. The molecule has 0 saturated heterocycles. The zero-order valence-corrected chi connectivity index (χ0v) is 11.3. The van der Waals surface area contributed by atoms with Crippen LogP contribution in [0.4, 0.5) is 0 Å². The molecule has 0 fully saturated rings. The lowest BCUT2D eigenvalue weighted by Crippen LogP contribution is -2.05. The highest BCUT2D eigenvalue weighted by Gasteiger charge is 2.14. The molecule has 2 aromatic carbocycles. The highest BCUT2D eigenvalue weighted by Crippen LogP contribution is 2.29. The molecule has 0 saturated carbocycles. The van der Waals surface area contributed by atoms with Crippen molar-refractivity contribution in [1.29, 1.82) is 0 Å². The van der Waals surface area contributed by atoms with Crippen molar-refractivity contribution in [3.63, 3.8) is 0 Å². The van der Waals surface area contributed by atoms with Crippen LogP contribution in [0.3, 0.4) is 0 Å². The van der Waals surface area contributed by atoms with E-state index in [1.165, 1.54) is 23.6 Å². The third-order valence-electron chi connectivity index (χ3n) is 3.59. The van der Waals surface area contributed by atoms with Gasteiger partial charge in [-0.1, -0.05) is 69.2 Å². The summed E-state index contributed by atoms with van der Waals surface area (Å²) < 4.78 is 0. The maximum absolute atomic E-state index is 10.4. The van der Waals surface area contributed by atoms with Gasteiger partial charge in [0.2, 0.25) is 0 Å². The molecule has 0 aliphatic carbocycles. The summed E-state index contributed by atoms with van der Waals surface area (Å²) in [5.41, 5.74) is 1.07. The molecule has 2 rings (SSSR count). The average Bonchev–Trinajstić information content (AvgIpc) is 2.38. The van der Waals surface area contributed by atoms with Gasteiger partial charge in [-0.2, -0.15) is 0 Å². The molecule has 0 aliphatic heterocycles. The van der Waals surface area contributed by atoms with Crippen molar-refractivity contribution in [3.05, 3.63) is 48.0 Å². The number of benzene rings is 2. The van der Waals surface area contributed by atoms with Crippen LogP contribution in [-0.2, 0) is 0 Å². The van der Waals surface area contributed by atoms with Crippen molar-refractivity contribution in [2.45, 2.75) is 39.2 Å². The molecule has 1 nitrogen and oxygen atoms in total. The fourth-order valence-corrected chi connectivity index (χ4v) is 2.66. The van der Waals surface area contributed by atoms with E-state index in [1.54, 1.807) is 0 Å². The first-order valence-corrected chi connectivity index (χ1v) is 6.88. The molecule has 18 heavy (non-hydrogen) atoms. The maximum Gasteiger partial charge on any atom is 0.0798 e. The van der Waals surface area contributed by atoms with Gasteiger partial charge in [0.05, 0.1) is 6.10 Å². The van der Waals surface area contributed by atoms with Crippen LogP contribution in [0, 0.1) is 5.92 Å². The maximum atomic E-state index is 10.4. The number of fused-ring (bicyclic) bond motifs is 1. The lowest BCUT2D eigenvalue weighted by molar-refractivity contribution is 0.146. The van der Waals surface area contributed by atoms with E-state index in [0.29, 0.717) is 5.92 Å². The van der Waals surface area contributed by atoms with Crippen LogP contribution in [0.1, 0.15) is 44.8 Å². The molecule has 1 N–H and O–H groups in total. The van der Waals surface area contributed by atoms with E-state index in [-0.39, 0.29) is 6.10 Å². The summed E-state index contributed by atoms with van der Waals surface area (Å²) in [6.07, 6.45) is 2.87. The summed E-state index contributed by atoms with van der Waals surface area (Å²) in [4.78, 5) is 0. The van der Waals surface area contributed by atoms with Crippen LogP contribution >= 0.6 is 0 Å². The smallest absolute Gasteiger partial charge is 0.0798 e. The van der Waals surface area contributed by atoms with Gasteiger partial charge in [0.1, 0.15) is 0 Å². The van der Waals surface area contributed by atoms with E-state index in [4.69, 9.17) is 0 Å². The standard InChI is InChI=1S/C17H22O/c1-3-7-13(2)12-17(18)16-11-6-9-14-8-4-5-10-15(14)16/h4-6,8-11,13,17-18H,3,7,12H2,1-2H3. The molecule has 1 heteroatoms. The van der Waals surface area contributed by atoms with E-state index >= 15 is 0 Å². The van der Waals surface area contributed by atoms with Crippen molar-refractivity contribution in [2.75, 3.05) is 0 Å². The number of hydrogen-bond donors (Lipinski definition) is 1. The van der Waals surface area contributed by atoms with Gasteiger partial charge in [-0.3, -0.25) is 0 Å². The van der Waals surface area contributed by atoms with Gasteiger partial charge >= 0.3 is 0 Å². The molecule has 2 aromatic rings. The van der Waals surface area contributed by atoms with Gasteiger partial charge in [-0.05, 0) is 28.7 Å². The Bertz CT molecular complexity index is 498. The first-order chi connectivity index (χ1) is 8.72. The van der Waals surface area contributed by atoms with Gasteiger partial charge in [0.25, 0.3) is 0 Å². The Kier molecular flexibility index (Phi) is 4.38. The predicted molar refractivity (Wildman–Crippen MR) is 77.6 cm³/mol. The van der Waals surface area contributed by atoms with Crippen molar-refractivity contribution in [2.24, 2.45) is 5.92 Å². The molecule has 0 spiro atoms. The number of rotatable bonds is 5. The van der Waals surface area contributed by atoms with E-state index in [2.05, 4.69) is 32.0 Å². The summed E-state index contributed by atoms with van der Waals surface area (Å²) in [5.74, 6) is 0.573. The summed E-state index contributed by atoms with van der Waals surface area (Å²) in [7, 11) is 0. The van der Waals surface area contributed by atoms with Crippen LogP contribution in [0.5, 0.6) is 0 Å². The largest absolute Gasteiger partial charge is 0.388 e. The molecule has 2 atom stereocenters. The topological polar surface area (TPSA) is 20.2 Å². The molecule has 2 unspecified atom stereocenters. The SMILES string of the molecule is CCCC(C)CC(O)c1cccc2ccccc12. The molecule has 96 valence electrons. The number of aliphatic hydroxyl groups excluding tert-OH is 1. The third kappa shape index (κ3) is 2.91. The monoisotopic (exact) mass is 242 g/mol. The van der Waals surface area contributed by atoms with Crippen molar-refractivity contribution < 1.29 is 5.11 Å². The van der Waals surface area contributed by atoms with Crippen LogP contribution < -0.4 is 0 Å². The number of aliphatic hydroxyl groups is 1. The van der Waals surface area contributed by atoms with E-state index in [1.807, 2.05) is 24.3 Å². The van der Waals surface area contributed by atoms with Crippen LogP contribution in [0.15, 0.2) is 42.5 Å². The molecule has 0 heterocycles. The first kappa shape index (κ1) is 13.1. The Morgan fingerprint density at radius 3 is 2.56 bits per heavy atom. The normalized spacial score (nSPS) is 14.6. The van der Waals surface area contributed by atoms with Gasteiger partial charge in [-0.15, -0.1) is 0 Å². The van der Waals surface area contributed by atoms with Crippen molar-refractivity contribution in [1.82, 2.24) is 0 Å². The molecule has 0 radical (unpaired) electrons. The fraction of sp³-hybridized carbons (Fsp3) is 0.412. The van der Waals surface area contributed by atoms with Crippen molar-refractivity contribution in [3.8, 4) is 0 Å². The Balaban J connectivity index is 2.24. The molecule has 0 aromatic heterocycles. The lowest BCUT2D eigenvalue weighted by atomic mass is 9.92. The minimum absolute atomic E-state index is 0.349. The molecule has 0 aliphatic rings. The number of hydrogen-bond acceptors (Lipinski definition) is 1. The second kappa shape index (κ2) is 6.01. The summed E-state index contributed by atoms with van der Waals surface area (Å²) in [6, 6.07) is 14.4. The van der Waals surface area contributed by atoms with Gasteiger partial charge in [-0.25, -0.2) is 0 Å². The van der Waals surface area contributed by atoms with Crippen molar-refractivity contribution >= 4 is 10.8 Å². The first-order valence-electron chi connectivity index (χ1n) is 6.88. The zero-order chi connectivity index (χ0) is 13.0. The lowest BCUT2D eigenvalue weighted by Gasteiger charge is -2.17. The quantitative estimate of drug-likeness (QED) is 0.805.